The molecule has 0 aromatic heterocycles. The molecule has 0 aliphatic carbocycles. The third kappa shape index (κ3) is 3.47. The molecule has 0 spiro atoms. The van der Waals surface area contributed by atoms with Gasteiger partial charge in [0.05, 0.1) is 7.11 Å². The first-order chi connectivity index (χ1) is 8.92. The molecule has 0 radical (unpaired) electrons. The van der Waals surface area contributed by atoms with Crippen LogP contribution in [-0.2, 0) is 11.3 Å². The molecule has 1 rings (SSSR count). The minimum absolute atomic E-state index is 0.00484. The lowest BCUT2D eigenvalue weighted by atomic mass is 9.97. The Hall–Kier alpha value is -1.55. The third-order valence-corrected chi connectivity index (χ3v) is 3.67. The van der Waals surface area contributed by atoms with E-state index in [4.69, 9.17) is 10.5 Å². The molecule has 0 fully saturated rings. The first-order valence-corrected chi connectivity index (χ1v) is 6.53. The van der Waals surface area contributed by atoms with Crippen LogP contribution < -0.4 is 15.8 Å². The van der Waals surface area contributed by atoms with Crippen molar-refractivity contribution in [2.45, 2.75) is 34.2 Å². The number of aryl methyl sites for hydroxylation is 1. The third-order valence-electron chi connectivity index (χ3n) is 3.67. The van der Waals surface area contributed by atoms with Crippen molar-refractivity contribution < 1.29 is 9.53 Å². The Morgan fingerprint density at radius 2 is 2.00 bits per heavy atom. The van der Waals surface area contributed by atoms with E-state index in [2.05, 4.69) is 12.2 Å². The van der Waals surface area contributed by atoms with Crippen LogP contribution in [0.5, 0.6) is 5.75 Å². The number of hydrogen-bond donors (Lipinski definition) is 2. The number of nitrogens with one attached hydrogen (secondary N) is 1. The van der Waals surface area contributed by atoms with Crippen LogP contribution in [0.2, 0.25) is 0 Å². The van der Waals surface area contributed by atoms with Crippen LogP contribution in [0, 0.1) is 26.7 Å². The number of nitrogens with two attached hydrogens (primary N) is 1. The summed E-state index contributed by atoms with van der Waals surface area (Å²) in [7, 11) is 1.67. The molecule has 0 aliphatic rings. The maximum Gasteiger partial charge on any atom is 0.224 e. The Balaban J connectivity index is 2.91. The van der Waals surface area contributed by atoms with Gasteiger partial charge >= 0.3 is 0 Å². The molecule has 19 heavy (non-hydrogen) atoms. The fraction of sp³-hybridized carbons (Fsp3) is 0.533. The van der Waals surface area contributed by atoms with E-state index in [1.54, 1.807) is 7.11 Å². The summed E-state index contributed by atoms with van der Waals surface area (Å²) in [6, 6.07) is 2.01. The van der Waals surface area contributed by atoms with Crippen molar-refractivity contribution in [3.63, 3.8) is 0 Å². The summed E-state index contributed by atoms with van der Waals surface area (Å²) in [5.74, 6) is 0.732. The van der Waals surface area contributed by atoms with Crippen molar-refractivity contribution in [1.29, 1.82) is 0 Å². The second-order valence-corrected chi connectivity index (χ2v) is 4.98. The zero-order valence-corrected chi connectivity index (χ0v) is 12.5. The van der Waals surface area contributed by atoms with Crippen molar-refractivity contribution >= 4 is 5.91 Å². The molecular weight excluding hydrogens is 240 g/mol. The van der Waals surface area contributed by atoms with Crippen molar-refractivity contribution in [1.82, 2.24) is 5.32 Å². The van der Waals surface area contributed by atoms with Gasteiger partial charge in [-0.25, -0.2) is 0 Å². The molecule has 0 saturated carbocycles. The highest BCUT2D eigenvalue weighted by atomic mass is 16.5. The smallest absolute Gasteiger partial charge is 0.224 e. The molecule has 0 saturated heterocycles. The number of ether oxygens (including phenoxy) is 1. The van der Waals surface area contributed by atoms with E-state index in [9.17, 15) is 4.79 Å². The molecule has 1 amide bonds. The minimum Gasteiger partial charge on any atom is -0.496 e. The van der Waals surface area contributed by atoms with E-state index in [1.165, 1.54) is 0 Å². The normalized spacial score (nSPS) is 12.1. The fourth-order valence-electron chi connectivity index (χ4n) is 2.04. The van der Waals surface area contributed by atoms with Crippen LogP contribution in [0.15, 0.2) is 6.07 Å². The highest BCUT2D eigenvalue weighted by molar-refractivity contribution is 5.78. The number of amides is 1. The van der Waals surface area contributed by atoms with E-state index < -0.39 is 0 Å². The summed E-state index contributed by atoms with van der Waals surface area (Å²) < 4.78 is 5.34. The van der Waals surface area contributed by atoms with Crippen LogP contribution in [-0.4, -0.2) is 19.6 Å². The number of rotatable bonds is 5. The lowest BCUT2D eigenvalue weighted by molar-refractivity contribution is -0.124. The van der Waals surface area contributed by atoms with Gasteiger partial charge in [-0.05, 0) is 49.1 Å². The van der Waals surface area contributed by atoms with E-state index in [1.807, 2.05) is 26.8 Å². The molecule has 1 aromatic carbocycles. The molecule has 106 valence electrons. The Labute approximate surface area is 115 Å². The molecule has 4 nitrogen and oxygen atoms in total. The van der Waals surface area contributed by atoms with Crippen LogP contribution in [0.25, 0.3) is 0 Å². The van der Waals surface area contributed by atoms with Crippen LogP contribution in [0.1, 0.15) is 29.2 Å². The molecule has 0 bridgehead atoms. The summed E-state index contributed by atoms with van der Waals surface area (Å²) >= 11 is 0. The predicted molar refractivity (Wildman–Crippen MR) is 77.3 cm³/mol. The quantitative estimate of drug-likeness (QED) is 0.852. The standard InChI is InChI=1S/C15H24N2O2/c1-9-6-14(19-5)12(4)11(3)13(9)8-17-15(18)10(2)7-16/h6,10H,7-8,16H2,1-5H3,(H,17,18). The Morgan fingerprint density at radius 3 is 2.53 bits per heavy atom. The van der Waals surface area contributed by atoms with Gasteiger partial charge in [-0.15, -0.1) is 0 Å². The molecule has 1 aromatic rings. The maximum absolute atomic E-state index is 11.8. The lowest BCUT2D eigenvalue weighted by Crippen LogP contribution is -2.33. The van der Waals surface area contributed by atoms with Gasteiger partial charge in [0.15, 0.2) is 0 Å². The average Bonchev–Trinajstić information content (AvgIpc) is 2.41. The minimum atomic E-state index is -0.153. The SMILES string of the molecule is COc1cc(C)c(CNC(=O)C(C)CN)c(C)c1C. The van der Waals surface area contributed by atoms with E-state index in [0.29, 0.717) is 13.1 Å². The van der Waals surface area contributed by atoms with E-state index >= 15 is 0 Å². The van der Waals surface area contributed by atoms with Crippen molar-refractivity contribution in [3.05, 3.63) is 28.3 Å². The number of carbonyl (C=O) groups excluding carboxylic acids is 1. The van der Waals surface area contributed by atoms with Crippen LogP contribution in [0.4, 0.5) is 0 Å². The summed E-state index contributed by atoms with van der Waals surface area (Å²) in [5.41, 5.74) is 10.0. The zero-order valence-electron chi connectivity index (χ0n) is 12.5. The van der Waals surface area contributed by atoms with Gasteiger partial charge in [-0.2, -0.15) is 0 Å². The maximum atomic E-state index is 11.8. The lowest BCUT2D eigenvalue weighted by Gasteiger charge is -2.17. The van der Waals surface area contributed by atoms with Gasteiger partial charge in [0.2, 0.25) is 5.91 Å². The Kier molecular flexibility index (Phi) is 5.36. The second-order valence-electron chi connectivity index (χ2n) is 4.98. The van der Waals surface area contributed by atoms with Gasteiger partial charge in [-0.3, -0.25) is 4.79 Å². The summed E-state index contributed by atoms with van der Waals surface area (Å²) in [4.78, 5) is 11.8. The molecule has 0 aliphatic heterocycles. The molecule has 1 atom stereocenters. The first-order valence-electron chi connectivity index (χ1n) is 6.53. The molecule has 1 unspecified atom stereocenters. The summed E-state index contributed by atoms with van der Waals surface area (Å²) in [5, 5.41) is 2.94. The topological polar surface area (TPSA) is 64.3 Å². The highest BCUT2D eigenvalue weighted by Gasteiger charge is 2.14. The largest absolute Gasteiger partial charge is 0.496 e. The van der Waals surface area contributed by atoms with E-state index in [0.717, 1.165) is 28.0 Å². The van der Waals surface area contributed by atoms with Gasteiger partial charge in [0.1, 0.15) is 5.75 Å². The summed E-state index contributed by atoms with van der Waals surface area (Å²) in [6.45, 7) is 8.84. The Bertz CT molecular complexity index is 470. The first kappa shape index (κ1) is 15.5. The van der Waals surface area contributed by atoms with Gasteiger partial charge in [-0.1, -0.05) is 6.92 Å². The average molecular weight is 264 g/mol. The van der Waals surface area contributed by atoms with Crippen LogP contribution >= 0.6 is 0 Å². The summed E-state index contributed by atoms with van der Waals surface area (Å²) in [6.07, 6.45) is 0. The van der Waals surface area contributed by atoms with Crippen molar-refractivity contribution in [2.24, 2.45) is 11.7 Å². The number of methoxy groups -OCH3 is 1. The molecule has 3 N–H and O–H groups in total. The zero-order chi connectivity index (χ0) is 14.6. The molecule has 0 heterocycles. The van der Waals surface area contributed by atoms with Gasteiger partial charge in [0.25, 0.3) is 0 Å². The highest BCUT2D eigenvalue weighted by Crippen LogP contribution is 2.27. The van der Waals surface area contributed by atoms with Gasteiger partial charge < -0.3 is 15.8 Å². The monoisotopic (exact) mass is 264 g/mol. The predicted octanol–water partition coefficient (Wildman–Crippen LogP) is 1.83. The number of carbonyl (C=O) groups is 1. The van der Waals surface area contributed by atoms with Crippen molar-refractivity contribution in [2.75, 3.05) is 13.7 Å². The fourth-order valence-corrected chi connectivity index (χ4v) is 2.04. The second kappa shape index (κ2) is 6.57. The van der Waals surface area contributed by atoms with E-state index in [-0.39, 0.29) is 11.8 Å². The van der Waals surface area contributed by atoms with Crippen molar-refractivity contribution in [3.8, 4) is 5.75 Å². The molecular formula is C15H24N2O2. The number of hydrogen-bond acceptors (Lipinski definition) is 3. The molecule has 4 heteroatoms. The van der Waals surface area contributed by atoms with Gasteiger partial charge in [0, 0.05) is 19.0 Å². The Morgan fingerprint density at radius 1 is 1.37 bits per heavy atom. The number of benzene rings is 1. The van der Waals surface area contributed by atoms with Crippen LogP contribution in [0.3, 0.4) is 0 Å².